The van der Waals surface area contributed by atoms with Crippen LogP contribution in [0.2, 0.25) is 0 Å². The number of furan rings is 1. The number of hydrogen-bond donors (Lipinski definition) is 0. The zero-order valence-corrected chi connectivity index (χ0v) is 11.0. The maximum Gasteiger partial charge on any atom is 0.120 e. The molecule has 0 amide bonds. The van der Waals surface area contributed by atoms with Crippen LogP contribution in [0.1, 0.15) is 27.4 Å². The van der Waals surface area contributed by atoms with Crippen molar-refractivity contribution in [2.75, 3.05) is 0 Å². The molecule has 0 saturated heterocycles. The van der Waals surface area contributed by atoms with Gasteiger partial charge in [-0.2, -0.15) is 0 Å². The second kappa shape index (κ2) is 4.83. The number of pyridine rings is 1. The Balaban J connectivity index is 2.10. The number of rotatable bonds is 3. The van der Waals surface area contributed by atoms with E-state index in [9.17, 15) is 0 Å². The molecule has 1 atom stereocenters. The predicted molar refractivity (Wildman–Crippen MR) is 67.8 cm³/mol. The van der Waals surface area contributed by atoms with Crippen molar-refractivity contribution in [2.24, 2.45) is 0 Å². The van der Waals surface area contributed by atoms with Gasteiger partial charge in [0.15, 0.2) is 0 Å². The number of hydrogen-bond acceptors (Lipinski definition) is 2. The van der Waals surface area contributed by atoms with Gasteiger partial charge in [0, 0.05) is 18.3 Å². The van der Waals surface area contributed by atoms with Crippen LogP contribution in [-0.4, -0.2) is 4.98 Å². The van der Waals surface area contributed by atoms with Gasteiger partial charge in [-0.15, -0.1) is 0 Å². The summed E-state index contributed by atoms with van der Waals surface area (Å²) in [5, 5.41) is 0. The first-order valence-corrected chi connectivity index (χ1v) is 6.18. The molecule has 2 aromatic rings. The lowest BCUT2D eigenvalue weighted by molar-refractivity contribution is 0.503. The molecule has 0 aliphatic rings. The molecule has 0 spiro atoms. The molecule has 0 N–H and O–H groups in total. The summed E-state index contributed by atoms with van der Waals surface area (Å²) in [6, 6.07) is 6.12. The van der Waals surface area contributed by atoms with Crippen molar-refractivity contribution in [3.05, 3.63) is 53.2 Å². The van der Waals surface area contributed by atoms with Gasteiger partial charge in [0.25, 0.3) is 0 Å². The molecule has 1 unspecified atom stereocenters. The molecule has 0 bridgehead atoms. The van der Waals surface area contributed by atoms with Crippen molar-refractivity contribution in [1.29, 1.82) is 0 Å². The largest absolute Gasteiger partial charge is 0.468 e. The first kappa shape index (κ1) is 11.4. The fraction of sp³-hybridized carbons (Fsp3) is 0.308. The minimum Gasteiger partial charge on any atom is -0.468 e. The molecule has 0 radical (unpaired) electrons. The SMILES string of the molecule is Cc1ccc(CC(Br)c2occc2C)nc1. The van der Waals surface area contributed by atoms with Crippen molar-refractivity contribution >= 4 is 15.9 Å². The molecule has 0 aliphatic heterocycles. The van der Waals surface area contributed by atoms with Crippen LogP contribution in [0.3, 0.4) is 0 Å². The summed E-state index contributed by atoms with van der Waals surface area (Å²) in [6.07, 6.45) is 4.46. The van der Waals surface area contributed by atoms with Gasteiger partial charge in [0.05, 0.1) is 11.1 Å². The number of halogens is 1. The molecule has 0 fully saturated rings. The summed E-state index contributed by atoms with van der Waals surface area (Å²) in [4.78, 5) is 4.58. The van der Waals surface area contributed by atoms with E-state index in [1.165, 1.54) is 11.1 Å². The lowest BCUT2D eigenvalue weighted by Crippen LogP contribution is -1.98. The molecule has 0 aliphatic carbocycles. The minimum absolute atomic E-state index is 0.192. The molecule has 2 heterocycles. The van der Waals surface area contributed by atoms with Crippen molar-refractivity contribution in [3.8, 4) is 0 Å². The van der Waals surface area contributed by atoms with Crippen LogP contribution in [0.25, 0.3) is 0 Å². The van der Waals surface area contributed by atoms with Crippen LogP contribution < -0.4 is 0 Å². The average Bonchev–Trinajstić information content (AvgIpc) is 2.68. The standard InChI is InChI=1S/C13H14BrNO/c1-9-3-4-11(15-8-9)7-12(14)13-10(2)5-6-16-13/h3-6,8,12H,7H2,1-2H3. The summed E-state index contributed by atoms with van der Waals surface area (Å²) in [5.74, 6) is 0.988. The Kier molecular flexibility index (Phi) is 3.44. The zero-order valence-electron chi connectivity index (χ0n) is 9.40. The van der Waals surface area contributed by atoms with E-state index in [2.05, 4.69) is 40.0 Å². The Hall–Kier alpha value is -1.09. The van der Waals surface area contributed by atoms with E-state index in [-0.39, 0.29) is 4.83 Å². The van der Waals surface area contributed by atoms with E-state index < -0.39 is 0 Å². The summed E-state index contributed by atoms with van der Waals surface area (Å²) in [7, 11) is 0. The molecule has 2 nitrogen and oxygen atoms in total. The topological polar surface area (TPSA) is 26.0 Å². The zero-order chi connectivity index (χ0) is 11.5. The van der Waals surface area contributed by atoms with Crippen LogP contribution in [0.5, 0.6) is 0 Å². The second-order valence-electron chi connectivity index (χ2n) is 3.97. The highest BCUT2D eigenvalue weighted by Crippen LogP contribution is 2.29. The van der Waals surface area contributed by atoms with Crippen molar-refractivity contribution < 1.29 is 4.42 Å². The van der Waals surface area contributed by atoms with E-state index in [4.69, 9.17) is 4.42 Å². The highest BCUT2D eigenvalue weighted by Gasteiger charge is 2.14. The maximum atomic E-state index is 5.45. The number of alkyl halides is 1. The van der Waals surface area contributed by atoms with Crippen molar-refractivity contribution in [2.45, 2.75) is 25.1 Å². The van der Waals surface area contributed by atoms with Gasteiger partial charge in [0.2, 0.25) is 0 Å². The quantitative estimate of drug-likeness (QED) is 0.795. The minimum atomic E-state index is 0.192. The van der Waals surface area contributed by atoms with Gasteiger partial charge in [-0.3, -0.25) is 4.98 Å². The highest BCUT2D eigenvalue weighted by atomic mass is 79.9. The third-order valence-corrected chi connectivity index (χ3v) is 3.29. The fourth-order valence-corrected chi connectivity index (χ4v) is 2.40. The van der Waals surface area contributed by atoms with E-state index >= 15 is 0 Å². The molecule has 84 valence electrons. The van der Waals surface area contributed by atoms with Crippen LogP contribution in [0.15, 0.2) is 35.1 Å². The molecule has 0 saturated carbocycles. The Morgan fingerprint density at radius 2 is 2.12 bits per heavy atom. The summed E-state index contributed by atoms with van der Waals surface area (Å²) >= 11 is 3.64. The van der Waals surface area contributed by atoms with E-state index in [0.29, 0.717) is 0 Å². The summed E-state index contributed by atoms with van der Waals surface area (Å²) in [6.45, 7) is 4.09. The van der Waals surface area contributed by atoms with Gasteiger partial charge >= 0.3 is 0 Å². The first-order chi connectivity index (χ1) is 7.66. The number of aromatic nitrogens is 1. The van der Waals surface area contributed by atoms with Gasteiger partial charge in [-0.1, -0.05) is 22.0 Å². The van der Waals surface area contributed by atoms with E-state index in [1.807, 2.05) is 19.2 Å². The Morgan fingerprint density at radius 3 is 2.69 bits per heavy atom. The predicted octanol–water partition coefficient (Wildman–Crippen LogP) is 3.97. The van der Waals surface area contributed by atoms with Crippen LogP contribution >= 0.6 is 15.9 Å². The Labute approximate surface area is 104 Å². The monoisotopic (exact) mass is 279 g/mol. The molecule has 2 aromatic heterocycles. The van der Waals surface area contributed by atoms with Crippen LogP contribution in [0, 0.1) is 13.8 Å². The first-order valence-electron chi connectivity index (χ1n) is 5.26. The maximum absolute atomic E-state index is 5.45. The summed E-state index contributed by atoms with van der Waals surface area (Å²) in [5.41, 5.74) is 3.43. The van der Waals surface area contributed by atoms with Gasteiger partial charge in [0.1, 0.15) is 5.76 Å². The molecule has 3 heteroatoms. The lowest BCUT2D eigenvalue weighted by atomic mass is 10.1. The average molecular weight is 280 g/mol. The third-order valence-electron chi connectivity index (χ3n) is 2.55. The van der Waals surface area contributed by atoms with Crippen LogP contribution in [0.4, 0.5) is 0 Å². The van der Waals surface area contributed by atoms with Crippen LogP contribution in [-0.2, 0) is 6.42 Å². The fourth-order valence-electron chi connectivity index (χ4n) is 1.60. The summed E-state index contributed by atoms with van der Waals surface area (Å²) < 4.78 is 5.45. The Bertz CT molecular complexity index is 461. The van der Waals surface area contributed by atoms with Gasteiger partial charge in [-0.05, 0) is 37.1 Å². The molecule has 0 aromatic carbocycles. The second-order valence-corrected chi connectivity index (χ2v) is 5.07. The Morgan fingerprint density at radius 1 is 1.31 bits per heavy atom. The molecular formula is C13H14BrNO. The molecule has 16 heavy (non-hydrogen) atoms. The van der Waals surface area contributed by atoms with Crippen molar-refractivity contribution in [3.63, 3.8) is 0 Å². The smallest absolute Gasteiger partial charge is 0.120 e. The lowest BCUT2D eigenvalue weighted by Gasteiger charge is -2.07. The third kappa shape index (κ3) is 2.53. The number of nitrogens with zero attached hydrogens (tertiary/aromatic N) is 1. The number of aryl methyl sites for hydroxylation is 2. The van der Waals surface area contributed by atoms with Gasteiger partial charge in [-0.25, -0.2) is 0 Å². The van der Waals surface area contributed by atoms with Crippen molar-refractivity contribution in [1.82, 2.24) is 4.98 Å². The molecule has 2 rings (SSSR count). The van der Waals surface area contributed by atoms with Gasteiger partial charge < -0.3 is 4.42 Å². The van der Waals surface area contributed by atoms with E-state index in [0.717, 1.165) is 17.9 Å². The highest BCUT2D eigenvalue weighted by molar-refractivity contribution is 9.09. The normalized spacial score (nSPS) is 12.7. The molecular weight excluding hydrogens is 266 g/mol. The van der Waals surface area contributed by atoms with E-state index in [1.54, 1.807) is 6.26 Å².